The van der Waals surface area contributed by atoms with E-state index in [4.69, 9.17) is 27.3 Å². The van der Waals surface area contributed by atoms with E-state index >= 15 is 0 Å². The Morgan fingerprint density at radius 1 is 1.64 bits per heavy atom. The van der Waals surface area contributed by atoms with E-state index in [-0.39, 0.29) is 0 Å². The van der Waals surface area contributed by atoms with Gasteiger partial charge in [0.15, 0.2) is 0 Å². The molecule has 1 aromatic carbocycles. The molecule has 4 heteroatoms. The smallest absolute Gasteiger partial charge is 0.137 e. The van der Waals surface area contributed by atoms with Crippen LogP contribution in [-0.2, 0) is 6.42 Å². The molecule has 0 aliphatic rings. The fourth-order valence-corrected chi connectivity index (χ4v) is 1.42. The number of nitrogens with zero attached hydrogens (tertiary/aromatic N) is 1. The van der Waals surface area contributed by atoms with Gasteiger partial charge in [0.1, 0.15) is 5.75 Å². The monoisotopic (exact) mass is 210 g/mol. The van der Waals surface area contributed by atoms with Crippen LogP contribution in [0.4, 0.5) is 0 Å². The van der Waals surface area contributed by atoms with Crippen LogP contribution in [-0.4, -0.2) is 13.2 Å². The summed E-state index contributed by atoms with van der Waals surface area (Å²) in [5, 5.41) is 9.07. The highest BCUT2D eigenvalue weighted by Crippen LogP contribution is 2.25. The number of methoxy groups -OCH3 is 1. The van der Waals surface area contributed by atoms with Crippen LogP contribution in [0.2, 0.25) is 5.02 Å². The first-order valence-electron chi connectivity index (χ1n) is 4.15. The molecule has 2 N–H and O–H groups in total. The molecule has 0 heterocycles. The average Bonchev–Trinajstić information content (AvgIpc) is 2.18. The van der Waals surface area contributed by atoms with E-state index in [2.05, 4.69) is 0 Å². The molecule has 1 atom stereocenters. The van der Waals surface area contributed by atoms with Gasteiger partial charge in [0.2, 0.25) is 0 Å². The van der Waals surface area contributed by atoms with Crippen molar-refractivity contribution in [2.75, 3.05) is 7.11 Å². The van der Waals surface area contributed by atoms with Gasteiger partial charge >= 0.3 is 0 Å². The van der Waals surface area contributed by atoms with Crippen molar-refractivity contribution in [1.82, 2.24) is 0 Å². The summed E-state index contributed by atoms with van der Waals surface area (Å²) in [4.78, 5) is 0. The zero-order valence-corrected chi connectivity index (χ0v) is 8.58. The zero-order chi connectivity index (χ0) is 10.6. The first kappa shape index (κ1) is 10.8. The molecule has 0 saturated heterocycles. The van der Waals surface area contributed by atoms with E-state index in [0.717, 1.165) is 5.56 Å². The third kappa shape index (κ3) is 2.63. The molecular weight excluding hydrogens is 200 g/mol. The second-order valence-electron chi connectivity index (χ2n) is 2.91. The molecule has 0 saturated carbocycles. The number of nitrogens with two attached hydrogens (primary N) is 1. The Labute approximate surface area is 88.0 Å². The van der Waals surface area contributed by atoms with Crippen LogP contribution in [0.1, 0.15) is 5.56 Å². The van der Waals surface area contributed by atoms with Crippen molar-refractivity contribution in [3.05, 3.63) is 28.8 Å². The normalized spacial score (nSPS) is 11.9. The summed E-state index contributed by atoms with van der Waals surface area (Å²) in [6.45, 7) is 0. The third-order valence-electron chi connectivity index (χ3n) is 1.84. The van der Waals surface area contributed by atoms with Crippen LogP contribution < -0.4 is 10.5 Å². The topological polar surface area (TPSA) is 59.0 Å². The number of halogens is 1. The quantitative estimate of drug-likeness (QED) is 0.827. The van der Waals surface area contributed by atoms with Crippen molar-refractivity contribution < 1.29 is 4.74 Å². The Balaban J connectivity index is 2.82. The number of nitriles is 1. The molecule has 0 aliphatic heterocycles. The molecule has 0 fully saturated rings. The molecular formula is C10H11ClN2O. The number of rotatable bonds is 3. The van der Waals surface area contributed by atoms with Crippen molar-refractivity contribution in [2.45, 2.75) is 12.5 Å². The lowest BCUT2D eigenvalue weighted by Gasteiger charge is -2.06. The Bertz CT molecular complexity index is 360. The molecule has 0 bridgehead atoms. The molecule has 0 unspecified atom stereocenters. The van der Waals surface area contributed by atoms with E-state index in [1.165, 1.54) is 0 Å². The lowest BCUT2D eigenvalue weighted by Crippen LogP contribution is -2.19. The maximum atomic E-state index is 8.53. The van der Waals surface area contributed by atoms with Crippen LogP contribution in [0.3, 0.4) is 0 Å². The minimum atomic E-state index is -0.487. The predicted molar refractivity (Wildman–Crippen MR) is 55.3 cm³/mol. The van der Waals surface area contributed by atoms with Gasteiger partial charge in [-0.1, -0.05) is 17.7 Å². The predicted octanol–water partition coefficient (Wildman–Crippen LogP) is 1.74. The molecule has 0 aliphatic carbocycles. The first-order valence-corrected chi connectivity index (χ1v) is 4.52. The van der Waals surface area contributed by atoms with Crippen LogP contribution in [0.15, 0.2) is 18.2 Å². The van der Waals surface area contributed by atoms with Gasteiger partial charge in [-0.2, -0.15) is 5.26 Å². The molecule has 74 valence electrons. The fraction of sp³-hybridized carbons (Fsp3) is 0.300. The summed E-state index contributed by atoms with van der Waals surface area (Å²) in [7, 11) is 1.56. The minimum Gasteiger partial charge on any atom is -0.495 e. The standard InChI is InChI=1S/C10H11ClN2O/c1-14-10-3-2-7(5-9(10)11)4-8(13)6-12/h2-3,5,8H,4,13H2,1H3/t8-/m1/s1. The van der Waals surface area contributed by atoms with Crippen molar-refractivity contribution >= 4 is 11.6 Å². The van der Waals surface area contributed by atoms with E-state index in [9.17, 15) is 0 Å². The number of benzene rings is 1. The van der Waals surface area contributed by atoms with Crippen LogP contribution in [0, 0.1) is 11.3 Å². The van der Waals surface area contributed by atoms with Gasteiger partial charge in [-0.3, -0.25) is 0 Å². The highest BCUT2D eigenvalue weighted by molar-refractivity contribution is 6.32. The van der Waals surface area contributed by atoms with Gasteiger partial charge in [0.05, 0.1) is 24.2 Å². The molecule has 0 spiro atoms. The van der Waals surface area contributed by atoms with Crippen LogP contribution in [0.25, 0.3) is 0 Å². The summed E-state index contributed by atoms with van der Waals surface area (Å²) >= 11 is 5.91. The molecule has 1 aromatic rings. The van der Waals surface area contributed by atoms with Gasteiger partial charge < -0.3 is 10.5 Å². The second-order valence-corrected chi connectivity index (χ2v) is 3.32. The number of hydrogen-bond donors (Lipinski definition) is 1. The van der Waals surface area contributed by atoms with Gasteiger partial charge in [0, 0.05) is 6.42 Å². The first-order chi connectivity index (χ1) is 6.67. The van der Waals surface area contributed by atoms with Gasteiger partial charge in [-0.05, 0) is 17.7 Å². The number of ether oxygens (including phenoxy) is 1. The molecule has 14 heavy (non-hydrogen) atoms. The summed E-state index contributed by atoms with van der Waals surface area (Å²) < 4.78 is 5.00. The van der Waals surface area contributed by atoms with Crippen molar-refractivity contribution in [3.8, 4) is 11.8 Å². The van der Waals surface area contributed by atoms with Crippen molar-refractivity contribution in [2.24, 2.45) is 5.73 Å². The minimum absolute atomic E-state index is 0.487. The molecule has 1 rings (SSSR count). The summed E-state index contributed by atoms with van der Waals surface area (Å²) in [5.74, 6) is 0.626. The Hall–Kier alpha value is -1.24. The van der Waals surface area contributed by atoms with Crippen LogP contribution in [0.5, 0.6) is 5.75 Å². The highest BCUT2D eigenvalue weighted by atomic mass is 35.5. The zero-order valence-electron chi connectivity index (χ0n) is 7.83. The molecule has 0 amide bonds. The Kier molecular flexibility index (Phi) is 3.75. The van der Waals surface area contributed by atoms with Crippen LogP contribution >= 0.6 is 11.6 Å². The summed E-state index contributed by atoms with van der Waals surface area (Å²) in [6.07, 6.45) is 0.500. The largest absolute Gasteiger partial charge is 0.495 e. The summed E-state index contributed by atoms with van der Waals surface area (Å²) in [5.41, 5.74) is 6.43. The number of hydrogen-bond acceptors (Lipinski definition) is 3. The lowest BCUT2D eigenvalue weighted by molar-refractivity contribution is 0.415. The fourth-order valence-electron chi connectivity index (χ4n) is 1.14. The second kappa shape index (κ2) is 4.85. The average molecular weight is 211 g/mol. The molecule has 0 aromatic heterocycles. The third-order valence-corrected chi connectivity index (χ3v) is 2.13. The van der Waals surface area contributed by atoms with Gasteiger partial charge in [-0.15, -0.1) is 0 Å². The van der Waals surface area contributed by atoms with Crippen molar-refractivity contribution in [1.29, 1.82) is 5.26 Å². The lowest BCUT2D eigenvalue weighted by atomic mass is 10.1. The highest BCUT2D eigenvalue weighted by Gasteiger charge is 2.05. The van der Waals surface area contributed by atoms with E-state index in [0.29, 0.717) is 17.2 Å². The Morgan fingerprint density at radius 2 is 2.36 bits per heavy atom. The molecule has 0 radical (unpaired) electrons. The molecule has 3 nitrogen and oxygen atoms in total. The summed E-state index contributed by atoms with van der Waals surface area (Å²) in [6, 6.07) is 6.85. The van der Waals surface area contributed by atoms with E-state index in [1.54, 1.807) is 19.2 Å². The van der Waals surface area contributed by atoms with Crippen molar-refractivity contribution in [3.63, 3.8) is 0 Å². The van der Waals surface area contributed by atoms with Gasteiger partial charge in [-0.25, -0.2) is 0 Å². The SMILES string of the molecule is COc1ccc(C[C@@H](N)C#N)cc1Cl. The van der Waals surface area contributed by atoms with E-state index in [1.807, 2.05) is 12.1 Å². The maximum Gasteiger partial charge on any atom is 0.137 e. The maximum absolute atomic E-state index is 8.53. The van der Waals surface area contributed by atoms with E-state index < -0.39 is 6.04 Å². The Morgan fingerprint density at radius 3 is 2.86 bits per heavy atom. The van der Waals surface area contributed by atoms with Gasteiger partial charge in [0.25, 0.3) is 0 Å².